The van der Waals surface area contributed by atoms with Gasteiger partial charge in [-0.05, 0) is 25.0 Å². The Hall–Kier alpha value is -2.90. The van der Waals surface area contributed by atoms with Crippen molar-refractivity contribution in [2.24, 2.45) is 0 Å². The van der Waals surface area contributed by atoms with Crippen molar-refractivity contribution in [3.05, 3.63) is 46.6 Å². The Kier molecular flexibility index (Phi) is 4.32. The Labute approximate surface area is 150 Å². The summed E-state index contributed by atoms with van der Waals surface area (Å²) in [5, 5.41) is 2.97. The van der Waals surface area contributed by atoms with E-state index in [-0.39, 0.29) is 31.1 Å². The molecule has 1 aliphatic carbocycles. The Balaban J connectivity index is 1.52. The molecule has 1 saturated carbocycles. The number of hydrogen-bond donors (Lipinski definition) is 1. The van der Waals surface area contributed by atoms with Gasteiger partial charge in [0.05, 0.1) is 6.54 Å². The second-order valence-electron chi connectivity index (χ2n) is 6.79. The van der Waals surface area contributed by atoms with Gasteiger partial charge in [0.1, 0.15) is 6.54 Å². The standard InChI is InChI=1S/C18H21N5O3/c24-16(19-13-7-3-1-4-8-13)12-22-17(25)20-15-11-21(18(26)23(15)22)14-9-5-2-6-10-14/h2,5-6,9-10,13H,1,3-4,7-8,11-12H2,(H,19,24). The third-order valence-electron chi connectivity index (χ3n) is 4.97. The van der Waals surface area contributed by atoms with Crippen molar-refractivity contribution >= 4 is 17.6 Å². The van der Waals surface area contributed by atoms with Gasteiger partial charge < -0.3 is 5.32 Å². The van der Waals surface area contributed by atoms with E-state index in [9.17, 15) is 14.4 Å². The minimum absolute atomic E-state index is 0.157. The van der Waals surface area contributed by atoms with Crippen LogP contribution in [-0.2, 0) is 17.9 Å². The SMILES string of the molecule is O=C(Cn1c(=O)nc2n1C(=O)N(c1ccccc1)C2)NC1CCCCC1. The molecule has 0 unspecified atom stereocenters. The molecule has 1 N–H and O–H groups in total. The van der Waals surface area contributed by atoms with Crippen LogP contribution in [0.1, 0.15) is 37.9 Å². The van der Waals surface area contributed by atoms with Crippen LogP contribution in [0, 0.1) is 0 Å². The van der Waals surface area contributed by atoms with Gasteiger partial charge in [0, 0.05) is 11.7 Å². The highest BCUT2D eigenvalue weighted by Crippen LogP contribution is 2.22. The van der Waals surface area contributed by atoms with Gasteiger partial charge in [-0.15, -0.1) is 0 Å². The summed E-state index contributed by atoms with van der Waals surface area (Å²) in [6.45, 7) is 0.0199. The third-order valence-corrected chi connectivity index (χ3v) is 4.97. The number of aromatic nitrogens is 3. The van der Waals surface area contributed by atoms with Crippen molar-refractivity contribution in [2.45, 2.75) is 51.2 Å². The van der Waals surface area contributed by atoms with Crippen molar-refractivity contribution in [3.8, 4) is 0 Å². The van der Waals surface area contributed by atoms with Crippen LogP contribution in [-0.4, -0.2) is 32.3 Å². The van der Waals surface area contributed by atoms with Crippen LogP contribution in [0.5, 0.6) is 0 Å². The van der Waals surface area contributed by atoms with E-state index >= 15 is 0 Å². The summed E-state index contributed by atoms with van der Waals surface area (Å²) in [5.74, 6) is 0.0991. The molecule has 4 rings (SSSR count). The van der Waals surface area contributed by atoms with E-state index in [1.165, 1.54) is 16.0 Å². The first-order chi connectivity index (χ1) is 12.6. The molecule has 1 aromatic heterocycles. The van der Waals surface area contributed by atoms with E-state index in [2.05, 4.69) is 10.3 Å². The quantitative estimate of drug-likeness (QED) is 0.900. The molecule has 2 heterocycles. The molecule has 136 valence electrons. The van der Waals surface area contributed by atoms with E-state index in [1.807, 2.05) is 30.3 Å². The number of benzene rings is 1. The van der Waals surface area contributed by atoms with Crippen LogP contribution in [0.4, 0.5) is 10.5 Å². The first-order valence-corrected chi connectivity index (χ1v) is 8.98. The fourth-order valence-electron chi connectivity index (χ4n) is 3.68. The Morgan fingerprint density at radius 2 is 1.85 bits per heavy atom. The average molecular weight is 355 g/mol. The van der Waals surface area contributed by atoms with Gasteiger partial charge in [-0.3, -0.25) is 9.69 Å². The summed E-state index contributed by atoms with van der Waals surface area (Å²) in [4.78, 5) is 42.7. The molecular formula is C18H21N5O3. The van der Waals surface area contributed by atoms with E-state index < -0.39 is 5.69 Å². The lowest BCUT2D eigenvalue weighted by atomic mass is 9.95. The molecule has 2 aliphatic rings. The first kappa shape index (κ1) is 16.6. The van der Waals surface area contributed by atoms with Gasteiger partial charge >= 0.3 is 11.7 Å². The van der Waals surface area contributed by atoms with Gasteiger partial charge in [-0.2, -0.15) is 9.67 Å². The number of carbonyl (C=O) groups is 2. The molecule has 1 fully saturated rings. The Bertz CT molecular complexity index is 880. The van der Waals surface area contributed by atoms with Gasteiger partial charge in [0.15, 0.2) is 5.82 Å². The number of rotatable bonds is 4. The summed E-state index contributed by atoms with van der Waals surface area (Å²) in [6.07, 6.45) is 5.35. The molecule has 26 heavy (non-hydrogen) atoms. The predicted octanol–water partition coefficient (Wildman–Crippen LogP) is 1.48. The molecule has 1 aliphatic heterocycles. The van der Waals surface area contributed by atoms with E-state index in [4.69, 9.17) is 0 Å². The monoisotopic (exact) mass is 355 g/mol. The predicted molar refractivity (Wildman–Crippen MR) is 94.9 cm³/mol. The van der Waals surface area contributed by atoms with Crippen LogP contribution in [0.2, 0.25) is 0 Å². The van der Waals surface area contributed by atoms with Gasteiger partial charge in [0.2, 0.25) is 5.91 Å². The number of amides is 2. The maximum absolute atomic E-state index is 12.8. The van der Waals surface area contributed by atoms with Crippen LogP contribution < -0.4 is 15.9 Å². The van der Waals surface area contributed by atoms with Crippen LogP contribution >= 0.6 is 0 Å². The maximum Gasteiger partial charge on any atom is 0.365 e. The fourth-order valence-corrected chi connectivity index (χ4v) is 3.68. The topological polar surface area (TPSA) is 89.2 Å². The number of fused-ring (bicyclic) bond motifs is 1. The summed E-state index contributed by atoms with van der Waals surface area (Å²) in [7, 11) is 0. The average Bonchev–Trinajstić information content (AvgIpc) is 3.13. The summed E-state index contributed by atoms with van der Waals surface area (Å²) >= 11 is 0. The number of carbonyl (C=O) groups excluding carboxylic acids is 2. The van der Waals surface area contributed by atoms with Crippen molar-refractivity contribution < 1.29 is 9.59 Å². The van der Waals surface area contributed by atoms with Gasteiger partial charge in [0.25, 0.3) is 0 Å². The minimum Gasteiger partial charge on any atom is -0.352 e. The number of anilines is 1. The maximum atomic E-state index is 12.8. The zero-order valence-corrected chi connectivity index (χ0v) is 14.4. The number of nitrogens with one attached hydrogen (secondary N) is 1. The van der Waals surface area contributed by atoms with Crippen molar-refractivity contribution in [1.82, 2.24) is 19.7 Å². The minimum atomic E-state index is -0.570. The van der Waals surface area contributed by atoms with Crippen LogP contribution in [0.15, 0.2) is 35.1 Å². The smallest absolute Gasteiger partial charge is 0.352 e. The molecule has 0 atom stereocenters. The highest BCUT2D eigenvalue weighted by molar-refractivity contribution is 5.95. The highest BCUT2D eigenvalue weighted by Gasteiger charge is 2.33. The van der Waals surface area contributed by atoms with E-state index in [0.717, 1.165) is 36.1 Å². The fraction of sp³-hybridized carbons (Fsp3) is 0.444. The molecule has 0 saturated heterocycles. The molecule has 0 bridgehead atoms. The number of hydrogen-bond acceptors (Lipinski definition) is 4. The Morgan fingerprint density at radius 3 is 2.58 bits per heavy atom. The second-order valence-corrected chi connectivity index (χ2v) is 6.79. The van der Waals surface area contributed by atoms with Gasteiger partial charge in [-0.1, -0.05) is 37.5 Å². The lowest BCUT2D eigenvalue weighted by Gasteiger charge is -2.23. The molecule has 1 aromatic carbocycles. The highest BCUT2D eigenvalue weighted by atomic mass is 16.2. The second kappa shape index (κ2) is 6.78. The Morgan fingerprint density at radius 1 is 1.12 bits per heavy atom. The zero-order chi connectivity index (χ0) is 18.1. The molecule has 8 nitrogen and oxygen atoms in total. The van der Waals surface area contributed by atoms with Crippen molar-refractivity contribution in [1.29, 1.82) is 0 Å². The zero-order valence-electron chi connectivity index (χ0n) is 14.4. The van der Waals surface area contributed by atoms with Crippen LogP contribution in [0.3, 0.4) is 0 Å². The largest absolute Gasteiger partial charge is 0.365 e. The molecular weight excluding hydrogens is 334 g/mol. The lowest BCUT2D eigenvalue weighted by molar-refractivity contribution is -0.122. The van der Waals surface area contributed by atoms with Crippen LogP contribution in [0.25, 0.3) is 0 Å². The summed E-state index contributed by atoms with van der Waals surface area (Å²) in [6, 6.07) is 8.98. The summed E-state index contributed by atoms with van der Waals surface area (Å²) in [5.41, 5.74) is 0.161. The normalized spacial score (nSPS) is 17.4. The lowest BCUT2D eigenvalue weighted by Crippen LogP contribution is -2.42. The molecule has 0 radical (unpaired) electrons. The number of para-hydroxylation sites is 1. The van der Waals surface area contributed by atoms with Gasteiger partial charge in [-0.25, -0.2) is 14.3 Å². The first-order valence-electron chi connectivity index (χ1n) is 8.98. The summed E-state index contributed by atoms with van der Waals surface area (Å²) < 4.78 is 2.34. The third kappa shape index (κ3) is 3.02. The van der Waals surface area contributed by atoms with Crippen molar-refractivity contribution in [2.75, 3.05) is 4.90 Å². The molecule has 2 aromatic rings. The number of nitrogens with zero attached hydrogens (tertiary/aromatic N) is 4. The molecule has 8 heteroatoms. The van der Waals surface area contributed by atoms with E-state index in [1.54, 1.807) is 0 Å². The van der Waals surface area contributed by atoms with E-state index in [0.29, 0.717) is 5.82 Å². The molecule has 0 spiro atoms. The molecule has 2 amide bonds. The van der Waals surface area contributed by atoms with Crippen molar-refractivity contribution in [3.63, 3.8) is 0 Å².